The van der Waals surface area contributed by atoms with Crippen molar-refractivity contribution < 1.29 is 9.47 Å². The van der Waals surface area contributed by atoms with Crippen LogP contribution < -0.4 is 14.8 Å². The van der Waals surface area contributed by atoms with E-state index in [1.807, 2.05) is 41.9 Å². The van der Waals surface area contributed by atoms with Gasteiger partial charge in [0.1, 0.15) is 17.2 Å². The molecule has 0 unspecified atom stereocenters. The fourth-order valence-corrected chi connectivity index (χ4v) is 5.75. The van der Waals surface area contributed by atoms with E-state index >= 15 is 0 Å². The average molecular weight is 512 g/mol. The van der Waals surface area contributed by atoms with E-state index in [1.165, 1.54) is 10.3 Å². The van der Waals surface area contributed by atoms with Crippen molar-refractivity contribution in [3.05, 3.63) is 71.7 Å². The number of hydrogen-bond donors (Lipinski definition) is 1. The van der Waals surface area contributed by atoms with Crippen LogP contribution in [0.1, 0.15) is 18.4 Å². The number of ether oxygens (including phenoxy) is 2. The number of methoxy groups -OCH3 is 2. The Morgan fingerprint density at radius 1 is 0.892 bits per heavy atom. The molecule has 0 radical (unpaired) electrons. The van der Waals surface area contributed by atoms with Crippen LogP contribution in [-0.4, -0.2) is 53.4 Å². The first-order valence-corrected chi connectivity index (χ1v) is 13.4. The Bertz CT molecular complexity index is 1530. The molecule has 0 aliphatic carbocycles. The van der Waals surface area contributed by atoms with Crippen LogP contribution in [0.5, 0.6) is 11.5 Å². The molecule has 188 valence electrons. The lowest BCUT2D eigenvalue weighted by Crippen LogP contribution is -2.38. The molecule has 1 saturated heterocycles. The summed E-state index contributed by atoms with van der Waals surface area (Å²) >= 11 is 1.70. The number of nitrogens with zero attached hydrogens (tertiary/aromatic N) is 4. The van der Waals surface area contributed by atoms with Crippen molar-refractivity contribution >= 4 is 38.1 Å². The maximum atomic E-state index is 5.53. The second-order valence-electron chi connectivity index (χ2n) is 9.39. The summed E-state index contributed by atoms with van der Waals surface area (Å²) in [4.78, 5) is 6.92. The molecule has 7 nitrogen and oxygen atoms in total. The summed E-state index contributed by atoms with van der Waals surface area (Å²) in [7, 11) is 3.36. The molecule has 2 aromatic heterocycles. The maximum absolute atomic E-state index is 5.53. The van der Waals surface area contributed by atoms with Crippen LogP contribution in [0.25, 0.3) is 32.2 Å². The van der Waals surface area contributed by atoms with Gasteiger partial charge in [-0.25, -0.2) is 4.98 Å². The topological polar surface area (TPSA) is 72.4 Å². The molecule has 1 aliphatic rings. The second-order valence-corrected chi connectivity index (χ2v) is 10.3. The highest BCUT2D eigenvalue weighted by Crippen LogP contribution is 2.34. The Morgan fingerprint density at radius 2 is 1.68 bits per heavy atom. The third-order valence-corrected chi connectivity index (χ3v) is 7.87. The van der Waals surface area contributed by atoms with Crippen molar-refractivity contribution in [2.75, 3.05) is 32.6 Å². The van der Waals surface area contributed by atoms with Gasteiger partial charge in [-0.15, -0.1) is 21.5 Å². The van der Waals surface area contributed by atoms with Crippen LogP contribution in [0, 0.1) is 0 Å². The molecule has 0 bridgehead atoms. The molecule has 1 fully saturated rings. The largest absolute Gasteiger partial charge is 0.497 e. The van der Waals surface area contributed by atoms with Crippen LogP contribution in [0.4, 0.5) is 5.82 Å². The molecule has 0 amide bonds. The average Bonchev–Trinajstić information content (AvgIpc) is 3.42. The minimum atomic E-state index is 0.343. The molecule has 0 spiro atoms. The van der Waals surface area contributed by atoms with E-state index < -0.39 is 0 Å². The number of benzene rings is 3. The second kappa shape index (κ2) is 10.3. The van der Waals surface area contributed by atoms with Crippen LogP contribution in [0.3, 0.4) is 0 Å². The predicted molar refractivity (Wildman–Crippen MR) is 150 cm³/mol. The van der Waals surface area contributed by atoms with E-state index in [1.54, 1.807) is 25.6 Å². The third kappa shape index (κ3) is 4.95. The molecular weight excluding hydrogens is 482 g/mol. The Balaban J connectivity index is 1.19. The van der Waals surface area contributed by atoms with Gasteiger partial charge in [0.2, 0.25) is 0 Å². The summed E-state index contributed by atoms with van der Waals surface area (Å²) in [5.74, 6) is 2.42. The van der Waals surface area contributed by atoms with E-state index in [4.69, 9.17) is 9.47 Å². The SMILES string of the molecule is COc1ccc(-c2nnc(NC3CCN(Cc4ccc5ncsc5c4)CC3)c3cc(OC)ccc23)cc1. The van der Waals surface area contributed by atoms with Crippen molar-refractivity contribution in [2.24, 2.45) is 0 Å². The van der Waals surface area contributed by atoms with Crippen LogP contribution in [0.2, 0.25) is 0 Å². The van der Waals surface area contributed by atoms with Crippen molar-refractivity contribution in [1.82, 2.24) is 20.1 Å². The predicted octanol–water partition coefficient (Wildman–Crippen LogP) is 6.00. The summed E-state index contributed by atoms with van der Waals surface area (Å²) < 4.78 is 12.1. The van der Waals surface area contributed by atoms with Gasteiger partial charge in [-0.1, -0.05) is 6.07 Å². The molecule has 3 heterocycles. The highest BCUT2D eigenvalue weighted by atomic mass is 32.1. The van der Waals surface area contributed by atoms with Gasteiger partial charge in [0, 0.05) is 42.0 Å². The first-order valence-electron chi connectivity index (χ1n) is 12.5. The highest BCUT2D eigenvalue weighted by Gasteiger charge is 2.21. The number of thiazole rings is 1. The van der Waals surface area contributed by atoms with Crippen molar-refractivity contribution in [2.45, 2.75) is 25.4 Å². The summed E-state index contributed by atoms with van der Waals surface area (Å²) in [6.45, 7) is 3.05. The standard InChI is InChI=1S/C29H29N5O2S/c1-35-22-6-4-20(5-7-22)28-24-9-8-23(36-2)16-25(24)29(33-32-28)31-21-11-13-34(14-12-21)17-19-3-10-26-27(15-19)37-18-30-26/h3-10,15-16,18,21H,11-14,17H2,1-2H3,(H,31,33). The maximum Gasteiger partial charge on any atom is 0.156 e. The monoisotopic (exact) mass is 511 g/mol. The van der Waals surface area contributed by atoms with Crippen molar-refractivity contribution in [3.8, 4) is 22.8 Å². The van der Waals surface area contributed by atoms with E-state index in [0.717, 1.165) is 77.3 Å². The molecule has 5 aromatic rings. The Kier molecular flexibility index (Phi) is 6.59. The fraction of sp³-hybridized carbons (Fsp3) is 0.276. The number of aromatic nitrogens is 3. The highest BCUT2D eigenvalue weighted by molar-refractivity contribution is 7.16. The molecule has 1 N–H and O–H groups in total. The lowest BCUT2D eigenvalue weighted by atomic mass is 10.0. The number of rotatable bonds is 7. The van der Waals surface area contributed by atoms with Crippen LogP contribution in [-0.2, 0) is 6.54 Å². The minimum absolute atomic E-state index is 0.343. The zero-order chi connectivity index (χ0) is 25.2. The lowest BCUT2D eigenvalue weighted by molar-refractivity contribution is 0.211. The summed E-state index contributed by atoms with van der Waals surface area (Å²) in [5, 5.41) is 15.0. The van der Waals surface area contributed by atoms with Gasteiger partial charge in [0.05, 0.1) is 29.9 Å². The molecule has 0 saturated carbocycles. The van der Waals surface area contributed by atoms with E-state index in [-0.39, 0.29) is 0 Å². The van der Waals surface area contributed by atoms with Crippen LogP contribution >= 0.6 is 11.3 Å². The van der Waals surface area contributed by atoms with Crippen molar-refractivity contribution in [3.63, 3.8) is 0 Å². The molecular formula is C29H29N5O2S. The number of anilines is 1. The van der Waals surface area contributed by atoms with Gasteiger partial charge in [-0.05, 0) is 73.0 Å². The van der Waals surface area contributed by atoms with E-state index in [0.29, 0.717) is 6.04 Å². The third-order valence-electron chi connectivity index (χ3n) is 7.08. The molecule has 8 heteroatoms. The van der Waals surface area contributed by atoms with E-state index in [9.17, 15) is 0 Å². The smallest absolute Gasteiger partial charge is 0.156 e. The lowest BCUT2D eigenvalue weighted by Gasteiger charge is -2.32. The summed E-state index contributed by atoms with van der Waals surface area (Å²) in [6, 6.07) is 21.0. The van der Waals surface area contributed by atoms with Crippen LogP contribution in [0.15, 0.2) is 66.2 Å². The van der Waals surface area contributed by atoms with Gasteiger partial charge < -0.3 is 14.8 Å². The summed E-state index contributed by atoms with van der Waals surface area (Å²) in [6.07, 6.45) is 2.10. The van der Waals surface area contributed by atoms with Crippen molar-refractivity contribution in [1.29, 1.82) is 0 Å². The number of nitrogens with one attached hydrogen (secondary N) is 1. The first-order chi connectivity index (χ1) is 18.2. The number of hydrogen-bond acceptors (Lipinski definition) is 8. The number of likely N-dealkylation sites (tertiary alicyclic amines) is 1. The quantitative estimate of drug-likeness (QED) is 0.287. The zero-order valence-electron chi connectivity index (χ0n) is 21.0. The molecule has 0 atom stereocenters. The van der Waals surface area contributed by atoms with E-state index in [2.05, 4.69) is 49.7 Å². The molecule has 6 rings (SSSR count). The van der Waals surface area contributed by atoms with Gasteiger partial charge in [0.15, 0.2) is 5.82 Å². The Hall–Kier alpha value is -3.75. The fourth-order valence-electron chi connectivity index (χ4n) is 5.01. The zero-order valence-corrected chi connectivity index (χ0v) is 21.8. The summed E-state index contributed by atoms with van der Waals surface area (Å²) in [5.41, 5.74) is 6.19. The van der Waals surface area contributed by atoms with Gasteiger partial charge in [0.25, 0.3) is 0 Å². The Morgan fingerprint density at radius 3 is 2.46 bits per heavy atom. The molecule has 37 heavy (non-hydrogen) atoms. The molecule has 1 aliphatic heterocycles. The van der Waals surface area contributed by atoms with Gasteiger partial charge >= 0.3 is 0 Å². The van der Waals surface area contributed by atoms with Gasteiger partial charge in [-0.3, -0.25) is 4.90 Å². The number of piperidine rings is 1. The normalized spacial score (nSPS) is 14.8. The van der Waals surface area contributed by atoms with Gasteiger partial charge in [-0.2, -0.15) is 0 Å². The Labute approximate surface area is 220 Å². The number of fused-ring (bicyclic) bond motifs is 2. The molecule has 3 aromatic carbocycles. The minimum Gasteiger partial charge on any atom is -0.497 e. The first kappa shape index (κ1) is 23.6.